The van der Waals surface area contributed by atoms with Crippen molar-refractivity contribution in [2.24, 2.45) is 0 Å². The van der Waals surface area contributed by atoms with Crippen LogP contribution < -0.4 is 0 Å². The molecule has 0 heterocycles. The molecule has 34 heavy (non-hydrogen) atoms. The van der Waals surface area contributed by atoms with E-state index in [0.717, 1.165) is 6.07 Å². The van der Waals surface area contributed by atoms with E-state index in [9.17, 15) is 19.8 Å². The van der Waals surface area contributed by atoms with Crippen molar-refractivity contribution in [3.05, 3.63) is 34.4 Å². The van der Waals surface area contributed by atoms with Gasteiger partial charge in [-0.05, 0) is 30.0 Å². The molecule has 4 N–H and O–H groups in total. The number of carboxylic acids is 2. The van der Waals surface area contributed by atoms with Crippen LogP contribution in [0.5, 0.6) is 0 Å². The van der Waals surface area contributed by atoms with Gasteiger partial charge in [0.25, 0.3) is 0 Å². The Hall–Kier alpha value is -2.24. The van der Waals surface area contributed by atoms with Gasteiger partial charge >= 0.3 is 11.9 Å². The monoisotopic (exact) mass is 494 g/mol. The fourth-order valence-corrected chi connectivity index (χ4v) is 2.55. The minimum Gasteiger partial charge on any atom is -0.478 e. The van der Waals surface area contributed by atoms with Gasteiger partial charge < -0.3 is 58.3 Å². The second-order valence-electron chi connectivity index (χ2n) is 6.28. The Morgan fingerprint density at radius 3 is 1.26 bits per heavy atom. The van der Waals surface area contributed by atoms with Gasteiger partial charge in [-0.1, -0.05) is 6.07 Å². The van der Waals surface area contributed by atoms with Gasteiger partial charge in [-0.2, -0.15) is 0 Å². The molecular formula is C20H30O14. The molecule has 0 unspecified atom stereocenters. The summed E-state index contributed by atoms with van der Waals surface area (Å²) in [6, 6.07) is 2.62. The molecule has 14 nitrogen and oxygen atoms in total. The van der Waals surface area contributed by atoms with Crippen molar-refractivity contribution in [3.8, 4) is 0 Å². The third-order valence-corrected chi connectivity index (χ3v) is 4.00. The predicted molar refractivity (Wildman–Crippen MR) is 110 cm³/mol. The number of hydrogen-bond donors (Lipinski definition) is 4. The molecule has 1 aromatic carbocycles. The summed E-state index contributed by atoms with van der Waals surface area (Å²) >= 11 is 0. The van der Waals surface area contributed by atoms with Crippen molar-refractivity contribution in [2.45, 2.75) is 12.8 Å². The van der Waals surface area contributed by atoms with E-state index in [1.165, 1.54) is 6.07 Å². The van der Waals surface area contributed by atoms with Crippen molar-refractivity contribution < 1.29 is 67.9 Å². The van der Waals surface area contributed by atoms with Gasteiger partial charge in [-0.3, -0.25) is 0 Å². The lowest BCUT2D eigenvalue weighted by Crippen LogP contribution is -2.14. The quantitative estimate of drug-likeness (QED) is 0.124. The number of aliphatic hydroxyl groups is 2. The summed E-state index contributed by atoms with van der Waals surface area (Å²) in [5, 5.41) is 35.8. The first-order valence-electron chi connectivity index (χ1n) is 9.97. The number of benzene rings is 1. The zero-order valence-electron chi connectivity index (χ0n) is 18.5. The van der Waals surface area contributed by atoms with E-state index < -0.39 is 25.5 Å². The van der Waals surface area contributed by atoms with E-state index in [1.807, 2.05) is 0 Å². The molecule has 0 amide bonds. The maximum Gasteiger partial charge on any atom is 0.335 e. The highest BCUT2D eigenvalue weighted by atomic mass is 16.8. The van der Waals surface area contributed by atoms with Crippen LogP contribution in [0.4, 0.5) is 0 Å². The van der Waals surface area contributed by atoms with Gasteiger partial charge in [0, 0.05) is 0 Å². The average Bonchev–Trinajstić information content (AvgIpc) is 2.81. The molecular weight excluding hydrogens is 464 g/mol. The molecule has 1 aromatic rings. The first kappa shape index (κ1) is 29.8. The van der Waals surface area contributed by atoms with Crippen LogP contribution in [0.3, 0.4) is 0 Å². The summed E-state index contributed by atoms with van der Waals surface area (Å²) in [6.07, 6.45) is 0.396. The fraction of sp³-hybridized carbons (Fsp3) is 0.600. The van der Waals surface area contributed by atoms with Crippen molar-refractivity contribution in [2.75, 3.05) is 67.6 Å². The molecule has 0 aliphatic carbocycles. The van der Waals surface area contributed by atoms with E-state index >= 15 is 0 Å². The second-order valence-corrected chi connectivity index (χ2v) is 6.28. The van der Waals surface area contributed by atoms with Crippen molar-refractivity contribution in [1.29, 1.82) is 0 Å². The van der Waals surface area contributed by atoms with E-state index in [0.29, 0.717) is 11.1 Å². The lowest BCUT2D eigenvalue weighted by atomic mass is 9.95. The smallest absolute Gasteiger partial charge is 0.335 e. The largest absolute Gasteiger partial charge is 0.478 e. The summed E-state index contributed by atoms with van der Waals surface area (Å²) in [6.45, 7) is -1.47. The molecule has 0 aliphatic heterocycles. The average molecular weight is 494 g/mol. The SMILES string of the molecule is O=C(O)c1cc(C(=O)O)c(CCOCOCOCOCO)cc1CCOCOCOCOCO. The van der Waals surface area contributed by atoms with E-state index in [2.05, 4.69) is 9.47 Å². The zero-order valence-corrected chi connectivity index (χ0v) is 18.5. The number of carbonyl (C=O) groups is 2. The Morgan fingerprint density at radius 2 is 0.912 bits per heavy atom. The molecule has 0 fully saturated rings. The number of aliphatic hydroxyl groups excluding tert-OH is 2. The highest BCUT2D eigenvalue weighted by molar-refractivity contribution is 5.96. The number of ether oxygens (including phenoxy) is 8. The van der Waals surface area contributed by atoms with Crippen molar-refractivity contribution in [3.63, 3.8) is 0 Å². The lowest BCUT2D eigenvalue weighted by Gasteiger charge is -2.13. The molecule has 0 spiro atoms. The Balaban J connectivity index is 2.55. The van der Waals surface area contributed by atoms with E-state index in [-0.39, 0.29) is 77.9 Å². The fourth-order valence-electron chi connectivity index (χ4n) is 2.55. The molecule has 14 heteroatoms. The maximum absolute atomic E-state index is 11.6. The topological polar surface area (TPSA) is 189 Å². The van der Waals surface area contributed by atoms with Crippen LogP contribution in [0.2, 0.25) is 0 Å². The zero-order chi connectivity index (χ0) is 25.0. The predicted octanol–water partition coefficient (Wildman–Crippen LogP) is -0.0546. The van der Waals surface area contributed by atoms with Crippen LogP contribution >= 0.6 is 0 Å². The summed E-state index contributed by atoms with van der Waals surface area (Å²) in [7, 11) is 0. The van der Waals surface area contributed by atoms with Crippen molar-refractivity contribution >= 4 is 11.9 Å². The van der Waals surface area contributed by atoms with Gasteiger partial charge in [-0.25, -0.2) is 9.59 Å². The van der Waals surface area contributed by atoms with Gasteiger partial charge in [0.15, 0.2) is 27.2 Å². The highest BCUT2D eigenvalue weighted by Gasteiger charge is 2.18. The molecule has 1 rings (SSSR count). The van der Waals surface area contributed by atoms with Crippen molar-refractivity contribution in [1.82, 2.24) is 0 Å². The molecule has 0 radical (unpaired) electrons. The third-order valence-electron chi connectivity index (χ3n) is 4.00. The van der Waals surface area contributed by atoms with E-state index in [1.54, 1.807) is 0 Å². The standard InChI is InChI=1S/C20H30O14/c21-7-29-11-33-13-31-9-27-3-1-15-5-16(18(20(25)26)6-17(15)19(23)24)2-4-28-10-32-14-34-12-30-8-22/h5-6,21-22H,1-4,7-14H2,(H,23,24)(H,25,26). The van der Waals surface area contributed by atoms with E-state index in [4.69, 9.17) is 38.6 Å². The minimum absolute atomic E-state index is 0.115. The molecule has 0 bridgehead atoms. The lowest BCUT2D eigenvalue weighted by molar-refractivity contribution is -0.184. The summed E-state index contributed by atoms with van der Waals surface area (Å²) in [4.78, 5) is 23.2. The molecule has 0 saturated carbocycles. The minimum atomic E-state index is -1.26. The molecule has 0 atom stereocenters. The first-order chi connectivity index (χ1) is 16.5. The van der Waals surface area contributed by atoms with Crippen LogP contribution in [-0.4, -0.2) is 99.9 Å². The number of hydrogen-bond acceptors (Lipinski definition) is 12. The van der Waals surface area contributed by atoms with Crippen LogP contribution in [0.15, 0.2) is 12.1 Å². The summed E-state index contributed by atoms with van der Waals surface area (Å²) in [5.74, 6) is -2.51. The number of carboxylic acid groups (broad SMARTS) is 2. The van der Waals surface area contributed by atoms with Crippen LogP contribution in [0.25, 0.3) is 0 Å². The van der Waals surface area contributed by atoms with Crippen LogP contribution in [0, 0.1) is 0 Å². The van der Waals surface area contributed by atoms with Gasteiger partial charge in [0.05, 0.1) is 24.3 Å². The Labute approximate surface area is 195 Å². The normalized spacial score (nSPS) is 11.1. The third kappa shape index (κ3) is 12.9. The van der Waals surface area contributed by atoms with Crippen LogP contribution in [0.1, 0.15) is 31.8 Å². The van der Waals surface area contributed by atoms with Gasteiger partial charge in [0.1, 0.15) is 27.2 Å². The second kappa shape index (κ2) is 19.1. The Bertz CT molecular complexity index is 656. The number of aromatic carboxylic acids is 2. The van der Waals surface area contributed by atoms with Gasteiger partial charge in [-0.15, -0.1) is 0 Å². The van der Waals surface area contributed by atoms with Gasteiger partial charge in [0.2, 0.25) is 0 Å². The Kier molecular flexibility index (Phi) is 16.7. The number of rotatable bonds is 22. The van der Waals surface area contributed by atoms with Crippen LogP contribution in [-0.2, 0) is 50.7 Å². The highest BCUT2D eigenvalue weighted by Crippen LogP contribution is 2.20. The molecule has 0 aliphatic rings. The maximum atomic E-state index is 11.6. The first-order valence-corrected chi connectivity index (χ1v) is 9.97. The summed E-state index contributed by atoms with van der Waals surface area (Å²) in [5.41, 5.74) is 0.519. The summed E-state index contributed by atoms with van der Waals surface area (Å²) < 4.78 is 39.4. The molecule has 194 valence electrons. The molecule has 0 saturated heterocycles. The molecule has 0 aromatic heterocycles. The Morgan fingerprint density at radius 1 is 0.559 bits per heavy atom.